The van der Waals surface area contributed by atoms with Gasteiger partial charge in [0.2, 0.25) is 5.91 Å². The predicted molar refractivity (Wildman–Crippen MR) is 93.4 cm³/mol. The monoisotopic (exact) mass is 399 g/mol. The molecule has 2 fully saturated rings. The van der Waals surface area contributed by atoms with Crippen LogP contribution in [0.1, 0.15) is 25.7 Å². The zero-order valence-electron chi connectivity index (χ0n) is 12.1. The fourth-order valence-corrected chi connectivity index (χ4v) is 3.44. The number of anilines is 1. The molecule has 1 unspecified atom stereocenters. The fraction of sp³-hybridized carbons (Fsp3) is 0.562. The predicted octanol–water partition coefficient (Wildman–Crippen LogP) is 2.45. The van der Waals surface area contributed by atoms with Crippen molar-refractivity contribution in [3.05, 3.63) is 27.8 Å². The summed E-state index contributed by atoms with van der Waals surface area (Å²) in [5.74, 6) is 0.101. The molecule has 114 valence electrons. The lowest BCUT2D eigenvalue weighted by Crippen LogP contribution is -2.42. The highest BCUT2D eigenvalue weighted by Gasteiger charge is 2.32. The summed E-state index contributed by atoms with van der Waals surface area (Å²) in [6.07, 6.45) is 4.98. The van der Waals surface area contributed by atoms with Crippen molar-refractivity contribution in [2.45, 2.75) is 37.8 Å². The molecule has 0 aromatic heterocycles. The topological polar surface area (TPSA) is 44.4 Å². The van der Waals surface area contributed by atoms with Gasteiger partial charge in [0.05, 0.1) is 12.2 Å². The first-order valence-electron chi connectivity index (χ1n) is 7.74. The lowest BCUT2D eigenvalue weighted by Gasteiger charge is -2.25. The molecule has 0 spiro atoms. The van der Waals surface area contributed by atoms with Crippen molar-refractivity contribution in [1.29, 1.82) is 0 Å². The third-order valence-electron chi connectivity index (χ3n) is 4.18. The van der Waals surface area contributed by atoms with Crippen molar-refractivity contribution < 1.29 is 4.79 Å². The molecule has 1 heterocycles. The molecule has 1 amide bonds. The van der Waals surface area contributed by atoms with E-state index in [0.717, 1.165) is 22.3 Å². The van der Waals surface area contributed by atoms with Crippen LogP contribution in [0.5, 0.6) is 0 Å². The van der Waals surface area contributed by atoms with Crippen LogP contribution < -0.4 is 10.6 Å². The smallest absolute Gasteiger partial charge is 0.238 e. The number of nitrogens with zero attached hydrogens (tertiary/aromatic N) is 1. The van der Waals surface area contributed by atoms with Gasteiger partial charge >= 0.3 is 0 Å². The summed E-state index contributed by atoms with van der Waals surface area (Å²) in [6.45, 7) is 2.63. The number of nitrogens with one attached hydrogen (secondary N) is 2. The Kier molecular flexibility index (Phi) is 5.13. The molecule has 2 N–H and O–H groups in total. The summed E-state index contributed by atoms with van der Waals surface area (Å²) in [5.41, 5.74) is 0.915. The average molecular weight is 399 g/mol. The Morgan fingerprint density at radius 2 is 2.14 bits per heavy atom. The van der Waals surface area contributed by atoms with Gasteiger partial charge in [-0.3, -0.25) is 9.69 Å². The molecule has 5 heteroatoms. The van der Waals surface area contributed by atoms with Gasteiger partial charge in [0, 0.05) is 22.2 Å². The van der Waals surface area contributed by atoms with Crippen LogP contribution in [-0.4, -0.2) is 42.5 Å². The lowest BCUT2D eigenvalue weighted by atomic mass is 10.2. The van der Waals surface area contributed by atoms with Gasteiger partial charge in [-0.05, 0) is 67.0 Å². The number of carbonyl (C=O) groups is 1. The van der Waals surface area contributed by atoms with E-state index in [1.165, 1.54) is 25.7 Å². The Balaban J connectivity index is 1.55. The quantitative estimate of drug-likeness (QED) is 0.723. The summed E-state index contributed by atoms with van der Waals surface area (Å²) >= 11 is 2.25. The number of hydrogen-bond donors (Lipinski definition) is 2. The Hall–Kier alpha value is -0.660. The zero-order chi connectivity index (χ0) is 14.7. The largest absolute Gasteiger partial charge is 0.324 e. The second-order valence-corrected chi connectivity index (χ2v) is 7.14. The van der Waals surface area contributed by atoms with Crippen molar-refractivity contribution in [3.8, 4) is 0 Å². The van der Waals surface area contributed by atoms with E-state index >= 15 is 0 Å². The Morgan fingerprint density at radius 3 is 2.81 bits per heavy atom. The highest BCUT2D eigenvalue weighted by molar-refractivity contribution is 14.1. The molecule has 2 aliphatic rings. The average Bonchev–Trinajstić information content (AvgIpc) is 3.19. The van der Waals surface area contributed by atoms with Crippen LogP contribution in [-0.2, 0) is 4.79 Å². The molecule has 1 saturated heterocycles. The first-order chi connectivity index (χ1) is 10.2. The number of para-hydroxylation sites is 1. The molecular formula is C16H22IN3O. The van der Waals surface area contributed by atoms with Crippen LogP contribution in [0.2, 0.25) is 0 Å². The minimum absolute atomic E-state index is 0.101. The van der Waals surface area contributed by atoms with E-state index in [4.69, 9.17) is 0 Å². The molecule has 4 nitrogen and oxygen atoms in total. The van der Waals surface area contributed by atoms with Gasteiger partial charge in [-0.2, -0.15) is 0 Å². The fourth-order valence-electron chi connectivity index (χ4n) is 2.91. The Labute approximate surface area is 139 Å². The van der Waals surface area contributed by atoms with Crippen LogP contribution in [0.15, 0.2) is 24.3 Å². The molecule has 1 aliphatic heterocycles. The number of halogens is 1. The lowest BCUT2D eigenvalue weighted by molar-refractivity contribution is -0.117. The van der Waals surface area contributed by atoms with E-state index in [-0.39, 0.29) is 5.91 Å². The first kappa shape index (κ1) is 15.2. The zero-order valence-corrected chi connectivity index (χ0v) is 14.3. The van der Waals surface area contributed by atoms with Gasteiger partial charge in [0.25, 0.3) is 0 Å². The van der Waals surface area contributed by atoms with E-state index in [2.05, 4.69) is 38.1 Å². The maximum Gasteiger partial charge on any atom is 0.238 e. The van der Waals surface area contributed by atoms with Gasteiger partial charge in [-0.1, -0.05) is 12.1 Å². The molecular weight excluding hydrogens is 377 g/mol. The van der Waals surface area contributed by atoms with Gasteiger partial charge in [0.15, 0.2) is 0 Å². The maximum absolute atomic E-state index is 12.3. The highest BCUT2D eigenvalue weighted by atomic mass is 127. The molecule has 0 bridgehead atoms. The van der Waals surface area contributed by atoms with Crippen molar-refractivity contribution in [2.24, 2.45) is 0 Å². The highest BCUT2D eigenvalue weighted by Crippen LogP contribution is 2.27. The molecule has 1 aromatic rings. The van der Waals surface area contributed by atoms with Crippen LogP contribution in [0, 0.1) is 3.57 Å². The maximum atomic E-state index is 12.3. The molecule has 0 radical (unpaired) electrons. The third kappa shape index (κ3) is 4.40. The Morgan fingerprint density at radius 1 is 1.33 bits per heavy atom. The summed E-state index contributed by atoms with van der Waals surface area (Å²) in [7, 11) is 0. The minimum atomic E-state index is 0.101. The summed E-state index contributed by atoms with van der Waals surface area (Å²) in [4.78, 5) is 14.7. The molecule has 1 aromatic carbocycles. The van der Waals surface area contributed by atoms with E-state index in [1.54, 1.807) is 0 Å². The third-order valence-corrected chi connectivity index (χ3v) is 5.12. The van der Waals surface area contributed by atoms with Crippen molar-refractivity contribution in [1.82, 2.24) is 10.2 Å². The second-order valence-electron chi connectivity index (χ2n) is 5.98. The van der Waals surface area contributed by atoms with Crippen LogP contribution in [0.4, 0.5) is 5.69 Å². The van der Waals surface area contributed by atoms with Gasteiger partial charge < -0.3 is 10.6 Å². The Bertz CT molecular complexity index is 498. The first-order valence-corrected chi connectivity index (χ1v) is 8.82. The van der Waals surface area contributed by atoms with Crippen LogP contribution in [0.3, 0.4) is 0 Å². The molecule has 21 heavy (non-hydrogen) atoms. The number of hydrogen-bond acceptors (Lipinski definition) is 3. The molecule has 1 atom stereocenters. The van der Waals surface area contributed by atoms with Gasteiger partial charge in [-0.15, -0.1) is 0 Å². The number of rotatable bonds is 6. The SMILES string of the molecule is O=C(CN(CC1CCCN1)C1CC1)Nc1ccccc1I. The number of carbonyl (C=O) groups excluding carboxylic acids is 1. The summed E-state index contributed by atoms with van der Waals surface area (Å²) in [6, 6.07) is 9.10. The number of amides is 1. The van der Waals surface area contributed by atoms with Gasteiger partial charge in [-0.25, -0.2) is 0 Å². The van der Waals surface area contributed by atoms with Crippen LogP contribution in [0.25, 0.3) is 0 Å². The van der Waals surface area contributed by atoms with Crippen LogP contribution >= 0.6 is 22.6 Å². The molecule has 3 rings (SSSR count). The summed E-state index contributed by atoms with van der Waals surface area (Å²) in [5, 5.41) is 6.57. The number of benzene rings is 1. The van der Waals surface area contributed by atoms with Gasteiger partial charge in [0.1, 0.15) is 0 Å². The molecule has 1 aliphatic carbocycles. The molecule has 1 saturated carbocycles. The van der Waals surface area contributed by atoms with E-state index in [9.17, 15) is 4.79 Å². The second kappa shape index (κ2) is 7.07. The van der Waals surface area contributed by atoms with E-state index in [1.807, 2.05) is 24.3 Å². The minimum Gasteiger partial charge on any atom is -0.324 e. The van der Waals surface area contributed by atoms with Crippen molar-refractivity contribution >= 4 is 34.2 Å². The normalized spacial score (nSPS) is 21.7. The van der Waals surface area contributed by atoms with Crippen molar-refractivity contribution in [2.75, 3.05) is 25.0 Å². The van der Waals surface area contributed by atoms with Crippen molar-refractivity contribution in [3.63, 3.8) is 0 Å². The van der Waals surface area contributed by atoms with E-state index < -0.39 is 0 Å². The van der Waals surface area contributed by atoms with E-state index in [0.29, 0.717) is 18.6 Å². The standard InChI is InChI=1S/C16H22IN3O/c17-14-5-1-2-6-15(14)19-16(21)11-20(13-7-8-13)10-12-4-3-9-18-12/h1-2,5-6,12-13,18H,3-4,7-11H2,(H,19,21). The summed E-state index contributed by atoms with van der Waals surface area (Å²) < 4.78 is 1.08.